The number of hydrogen-bond donors (Lipinski definition) is 1. The van der Waals surface area contributed by atoms with Crippen LogP contribution >= 0.6 is 11.6 Å². The molecule has 1 aliphatic carbocycles. The van der Waals surface area contributed by atoms with Crippen molar-refractivity contribution in [1.29, 1.82) is 0 Å². The minimum Gasteiger partial charge on any atom is -0.370 e. The van der Waals surface area contributed by atoms with Gasteiger partial charge in [-0.3, -0.25) is 4.79 Å². The highest BCUT2D eigenvalue weighted by Crippen LogP contribution is 2.44. The molecule has 0 saturated heterocycles. The van der Waals surface area contributed by atoms with Crippen LogP contribution in [-0.2, 0) is 4.79 Å². The summed E-state index contributed by atoms with van der Waals surface area (Å²) in [5, 5.41) is 0.725. The first-order chi connectivity index (χ1) is 7.16. The van der Waals surface area contributed by atoms with Crippen molar-refractivity contribution >= 4 is 17.5 Å². The van der Waals surface area contributed by atoms with E-state index >= 15 is 0 Å². The molecule has 15 heavy (non-hydrogen) atoms. The van der Waals surface area contributed by atoms with Gasteiger partial charge in [-0.2, -0.15) is 0 Å². The molecular formula is C12H14ClNO. The first-order valence-electron chi connectivity index (χ1n) is 5.20. The molecule has 0 spiro atoms. The lowest BCUT2D eigenvalue weighted by molar-refractivity contribution is -0.118. The molecule has 2 N–H and O–H groups in total. The highest BCUT2D eigenvalue weighted by molar-refractivity contribution is 6.30. The second-order valence-electron chi connectivity index (χ2n) is 4.17. The summed E-state index contributed by atoms with van der Waals surface area (Å²) in [7, 11) is 0. The van der Waals surface area contributed by atoms with E-state index in [9.17, 15) is 4.79 Å². The van der Waals surface area contributed by atoms with Gasteiger partial charge < -0.3 is 5.73 Å². The van der Waals surface area contributed by atoms with E-state index in [0.29, 0.717) is 12.3 Å². The fraction of sp³-hybridized carbons (Fsp3) is 0.417. The largest absolute Gasteiger partial charge is 0.370 e. The molecule has 2 rings (SSSR count). The highest BCUT2D eigenvalue weighted by Gasteiger charge is 2.33. The highest BCUT2D eigenvalue weighted by atomic mass is 35.5. The minimum atomic E-state index is -0.230. The van der Waals surface area contributed by atoms with Crippen LogP contribution in [0.4, 0.5) is 0 Å². The lowest BCUT2D eigenvalue weighted by Gasteiger charge is -2.14. The first kappa shape index (κ1) is 10.5. The molecule has 0 aliphatic heterocycles. The molecule has 0 aromatic heterocycles. The van der Waals surface area contributed by atoms with Crippen molar-refractivity contribution < 1.29 is 4.79 Å². The van der Waals surface area contributed by atoms with Gasteiger partial charge in [0.1, 0.15) is 0 Å². The molecule has 1 saturated carbocycles. The van der Waals surface area contributed by atoms with Gasteiger partial charge in [0.25, 0.3) is 0 Å². The van der Waals surface area contributed by atoms with E-state index < -0.39 is 0 Å². The summed E-state index contributed by atoms with van der Waals surface area (Å²) in [6.07, 6.45) is 2.83. The van der Waals surface area contributed by atoms with Crippen LogP contribution in [0.15, 0.2) is 24.3 Å². The molecule has 1 aromatic rings. The summed E-state index contributed by atoms with van der Waals surface area (Å²) in [5.74, 6) is 0.657. The Balaban J connectivity index is 2.19. The van der Waals surface area contributed by atoms with Gasteiger partial charge in [0.15, 0.2) is 0 Å². The summed E-state index contributed by atoms with van der Waals surface area (Å²) in [4.78, 5) is 11.0. The maximum absolute atomic E-state index is 11.0. The number of halogens is 1. The molecule has 1 aromatic carbocycles. The zero-order valence-corrected chi connectivity index (χ0v) is 9.20. The molecule has 0 bridgehead atoms. The van der Waals surface area contributed by atoms with Crippen molar-refractivity contribution in [3.63, 3.8) is 0 Å². The Hall–Kier alpha value is -1.02. The zero-order chi connectivity index (χ0) is 10.8. The Morgan fingerprint density at radius 3 is 2.80 bits per heavy atom. The Kier molecular flexibility index (Phi) is 2.96. The third kappa shape index (κ3) is 2.72. The van der Waals surface area contributed by atoms with Crippen molar-refractivity contribution in [2.75, 3.05) is 0 Å². The Morgan fingerprint density at radius 1 is 1.53 bits per heavy atom. The summed E-state index contributed by atoms with van der Waals surface area (Å²) in [5.41, 5.74) is 6.40. The average molecular weight is 224 g/mol. The van der Waals surface area contributed by atoms with Crippen LogP contribution in [0, 0.1) is 5.92 Å². The second kappa shape index (κ2) is 4.23. The lowest BCUT2D eigenvalue weighted by atomic mass is 9.91. The number of carbonyl (C=O) groups is 1. The molecule has 3 heteroatoms. The number of carbonyl (C=O) groups excluding carboxylic acids is 1. The summed E-state index contributed by atoms with van der Waals surface area (Å²) in [6, 6.07) is 7.73. The number of amides is 1. The summed E-state index contributed by atoms with van der Waals surface area (Å²) in [6.45, 7) is 0. The second-order valence-corrected chi connectivity index (χ2v) is 4.61. The number of hydrogen-bond acceptors (Lipinski definition) is 1. The van der Waals surface area contributed by atoms with E-state index in [1.807, 2.05) is 24.3 Å². The van der Waals surface area contributed by atoms with Crippen LogP contribution in [-0.4, -0.2) is 5.91 Å². The SMILES string of the molecule is NC(=O)CC(c1cccc(Cl)c1)C1CC1. The molecule has 1 unspecified atom stereocenters. The van der Waals surface area contributed by atoms with Crippen LogP contribution in [0.3, 0.4) is 0 Å². The Labute approximate surface area is 94.4 Å². The normalized spacial score (nSPS) is 17.4. The molecule has 1 fully saturated rings. The van der Waals surface area contributed by atoms with E-state index in [1.165, 1.54) is 12.8 Å². The van der Waals surface area contributed by atoms with E-state index in [4.69, 9.17) is 17.3 Å². The zero-order valence-electron chi connectivity index (χ0n) is 8.45. The summed E-state index contributed by atoms with van der Waals surface area (Å²) < 4.78 is 0. The standard InChI is InChI=1S/C12H14ClNO/c13-10-3-1-2-9(6-10)11(7-12(14)15)8-4-5-8/h1-3,6,8,11H,4-5,7H2,(H2,14,15). The quantitative estimate of drug-likeness (QED) is 0.838. The van der Waals surface area contributed by atoms with Gasteiger partial charge in [-0.15, -0.1) is 0 Å². The molecule has 1 amide bonds. The van der Waals surface area contributed by atoms with Crippen molar-refractivity contribution in [2.24, 2.45) is 11.7 Å². The molecule has 0 heterocycles. The Morgan fingerprint density at radius 2 is 2.27 bits per heavy atom. The van der Waals surface area contributed by atoms with Crippen LogP contribution < -0.4 is 5.73 Å². The van der Waals surface area contributed by atoms with Crippen molar-refractivity contribution in [3.8, 4) is 0 Å². The van der Waals surface area contributed by atoms with Gasteiger partial charge in [0, 0.05) is 11.4 Å². The smallest absolute Gasteiger partial charge is 0.218 e. The van der Waals surface area contributed by atoms with Crippen LogP contribution in [0.25, 0.3) is 0 Å². The van der Waals surface area contributed by atoms with Gasteiger partial charge >= 0.3 is 0 Å². The van der Waals surface area contributed by atoms with Crippen molar-refractivity contribution in [3.05, 3.63) is 34.9 Å². The van der Waals surface area contributed by atoms with Crippen LogP contribution in [0.2, 0.25) is 5.02 Å². The fourth-order valence-electron chi connectivity index (χ4n) is 2.01. The van der Waals surface area contributed by atoms with E-state index in [1.54, 1.807) is 0 Å². The van der Waals surface area contributed by atoms with Crippen LogP contribution in [0.1, 0.15) is 30.7 Å². The minimum absolute atomic E-state index is 0.230. The van der Waals surface area contributed by atoms with E-state index in [-0.39, 0.29) is 11.8 Å². The monoisotopic (exact) mass is 223 g/mol. The van der Waals surface area contributed by atoms with Gasteiger partial charge in [0.2, 0.25) is 5.91 Å². The van der Waals surface area contributed by atoms with Crippen molar-refractivity contribution in [1.82, 2.24) is 0 Å². The predicted octanol–water partition coefficient (Wildman–Crippen LogP) is 2.71. The van der Waals surface area contributed by atoms with E-state index in [0.717, 1.165) is 10.6 Å². The molecule has 2 nitrogen and oxygen atoms in total. The third-order valence-corrected chi connectivity index (χ3v) is 3.12. The number of nitrogens with two attached hydrogens (primary N) is 1. The molecule has 1 atom stereocenters. The van der Waals surface area contributed by atoms with Crippen molar-refractivity contribution in [2.45, 2.75) is 25.2 Å². The van der Waals surface area contributed by atoms with Gasteiger partial charge in [0.05, 0.1) is 0 Å². The number of benzene rings is 1. The maximum Gasteiger partial charge on any atom is 0.218 e. The summed E-state index contributed by atoms with van der Waals surface area (Å²) >= 11 is 5.93. The Bertz CT molecular complexity index is 374. The third-order valence-electron chi connectivity index (χ3n) is 2.89. The molecular weight excluding hydrogens is 210 g/mol. The molecule has 0 radical (unpaired) electrons. The number of rotatable bonds is 4. The number of primary amides is 1. The van der Waals surface area contributed by atoms with E-state index in [2.05, 4.69) is 0 Å². The topological polar surface area (TPSA) is 43.1 Å². The maximum atomic E-state index is 11.0. The average Bonchev–Trinajstić information content (AvgIpc) is 2.97. The first-order valence-corrected chi connectivity index (χ1v) is 5.58. The lowest BCUT2D eigenvalue weighted by Crippen LogP contribution is -2.16. The van der Waals surface area contributed by atoms with Gasteiger partial charge in [-0.05, 0) is 42.4 Å². The molecule has 1 aliphatic rings. The van der Waals surface area contributed by atoms with Crippen LogP contribution in [0.5, 0.6) is 0 Å². The fourth-order valence-corrected chi connectivity index (χ4v) is 2.21. The van der Waals surface area contributed by atoms with Gasteiger partial charge in [-0.1, -0.05) is 23.7 Å². The predicted molar refractivity (Wildman–Crippen MR) is 60.7 cm³/mol. The van der Waals surface area contributed by atoms with Gasteiger partial charge in [-0.25, -0.2) is 0 Å². The molecule has 80 valence electrons.